The van der Waals surface area contributed by atoms with Gasteiger partial charge in [-0.25, -0.2) is 4.98 Å². The molecule has 25 heavy (non-hydrogen) atoms. The molecule has 0 radical (unpaired) electrons. The van der Waals surface area contributed by atoms with E-state index in [0.29, 0.717) is 13.2 Å². The maximum absolute atomic E-state index is 5.79. The van der Waals surface area contributed by atoms with Gasteiger partial charge in [-0.15, -0.1) is 0 Å². The second-order valence-electron chi connectivity index (χ2n) is 5.83. The van der Waals surface area contributed by atoms with Crippen LogP contribution in [0, 0.1) is 0 Å². The third-order valence-electron chi connectivity index (χ3n) is 4.11. The molecule has 0 aliphatic heterocycles. The number of para-hydroxylation sites is 2. The molecular weight excluding hydrogens is 316 g/mol. The zero-order chi connectivity index (χ0) is 17.5. The molecule has 0 spiro atoms. The van der Waals surface area contributed by atoms with Gasteiger partial charge in [-0.05, 0) is 49.2 Å². The molecule has 3 rings (SSSR count). The second-order valence-corrected chi connectivity index (χ2v) is 5.83. The summed E-state index contributed by atoms with van der Waals surface area (Å²) in [7, 11) is 3.36. The molecule has 5 nitrogen and oxygen atoms in total. The van der Waals surface area contributed by atoms with E-state index in [0.717, 1.165) is 47.7 Å². The SMILES string of the molecule is COCc1nc2ccccc2n1CCCCOc1ccc(OC)cc1. The van der Waals surface area contributed by atoms with Crippen LogP contribution in [0.25, 0.3) is 11.0 Å². The highest BCUT2D eigenvalue weighted by Gasteiger charge is 2.09. The van der Waals surface area contributed by atoms with Crippen molar-refractivity contribution in [2.75, 3.05) is 20.8 Å². The molecule has 0 atom stereocenters. The predicted molar refractivity (Wildman–Crippen MR) is 98.2 cm³/mol. The fraction of sp³-hybridized carbons (Fsp3) is 0.350. The summed E-state index contributed by atoms with van der Waals surface area (Å²) in [6.07, 6.45) is 2.00. The molecule has 0 amide bonds. The first-order chi connectivity index (χ1) is 12.3. The van der Waals surface area contributed by atoms with Gasteiger partial charge in [-0.1, -0.05) is 12.1 Å². The average Bonchev–Trinajstić information content (AvgIpc) is 3.00. The number of imidazole rings is 1. The molecule has 132 valence electrons. The first kappa shape index (κ1) is 17.3. The maximum atomic E-state index is 5.79. The number of nitrogens with zero attached hydrogens (tertiary/aromatic N) is 2. The molecule has 5 heteroatoms. The minimum absolute atomic E-state index is 0.525. The van der Waals surface area contributed by atoms with Crippen molar-refractivity contribution >= 4 is 11.0 Å². The van der Waals surface area contributed by atoms with Crippen LogP contribution < -0.4 is 9.47 Å². The van der Waals surface area contributed by atoms with Gasteiger partial charge in [0.25, 0.3) is 0 Å². The molecule has 1 heterocycles. The van der Waals surface area contributed by atoms with Crippen LogP contribution in [-0.2, 0) is 17.9 Å². The summed E-state index contributed by atoms with van der Waals surface area (Å²) < 4.78 is 18.5. The fourth-order valence-electron chi connectivity index (χ4n) is 2.85. The van der Waals surface area contributed by atoms with Crippen molar-refractivity contribution in [2.24, 2.45) is 0 Å². The normalized spacial score (nSPS) is 11.0. The lowest BCUT2D eigenvalue weighted by molar-refractivity contribution is 0.174. The van der Waals surface area contributed by atoms with Crippen molar-refractivity contribution in [2.45, 2.75) is 26.0 Å². The van der Waals surface area contributed by atoms with Gasteiger partial charge in [0.1, 0.15) is 23.9 Å². The monoisotopic (exact) mass is 340 g/mol. The zero-order valence-corrected chi connectivity index (χ0v) is 14.8. The zero-order valence-electron chi connectivity index (χ0n) is 14.8. The molecule has 0 bridgehead atoms. The highest BCUT2D eigenvalue weighted by atomic mass is 16.5. The quantitative estimate of drug-likeness (QED) is 0.551. The number of unbranched alkanes of at least 4 members (excludes halogenated alkanes) is 1. The van der Waals surface area contributed by atoms with Crippen molar-refractivity contribution < 1.29 is 14.2 Å². The number of hydrogen-bond acceptors (Lipinski definition) is 4. The van der Waals surface area contributed by atoms with Crippen molar-refractivity contribution in [3.05, 3.63) is 54.4 Å². The number of fused-ring (bicyclic) bond motifs is 1. The Balaban J connectivity index is 1.53. The number of ether oxygens (including phenoxy) is 3. The number of methoxy groups -OCH3 is 2. The number of hydrogen-bond donors (Lipinski definition) is 0. The molecule has 0 saturated carbocycles. The highest BCUT2D eigenvalue weighted by Crippen LogP contribution is 2.19. The smallest absolute Gasteiger partial charge is 0.135 e. The molecule has 0 aliphatic rings. The van der Waals surface area contributed by atoms with Crippen LogP contribution in [0.1, 0.15) is 18.7 Å². The van der Waals surface area contributed by atoms with Gasteiger partial charge in [0, 0.05) is 13.7 Å². The molecule has 0 fully saturated rings. The Morgan fingerprint density at radius 3 is 2.44 bits per heavy atom. The van der Waals surface area contributed by atoms with Crippen LogP contribution >= 0.6 is 0 Å². The van der Waals surface area contributed by atoms with Crippen LogP contribution in [-0.4, -0.2) is 30.4 Å². The molecule has 3 aromatic rings. The standard InChI is InChI=1S/C20H24N2O3/c1-23-15-20-21-18-7-3-4-8-19(18)22(20)13-5-6-14-25-17-11-9-16(24-2)10-12-17/h3-4,7-12H,5-6,13-15H2,1-2H3. The van der Waals surface area contributed by atoms with Gasteiger partial charge in [0.05, 0.1) is 24.8 Å². The van der Waals surface area contributed by atoms with Gasteiger partial charge >= 0.3 is 0 Å². The van der Waals surface area contributed by atoms with Crippen LogP contribution in [0.2, 0.25) is 0 Å². The van der Waals surface area contributed by atoms with E-state index in [9.17, 15) is 0 Å². The topological polar surface area (TPSA) is 45.5 Å². The van der Waals surface area contributed by atoms with E-state index in [1.54, 1.807) is 14.2 Å². The minimum atomic E-state index is 0.525. The molecular formula is C20H24N2O3. The van der Waals surface area contributed by atoms with Gasteiger partial charge in [-0.2, -0.15) is 0 Å². The first-order valence-electron chi connectivity index (χ1n) is 8.52. The summed E-state index contributed by atoms with van der Waals surface area (Å²) in [5.74, 6) is 2.68. The Morgan fingerprint density at radius 2 is 1.68 bits per heavy atom. The molecule has 0 unspecified atom stereocenters. The summed E-state index contributed by atoms with van der Waals surface area (Å²) in [4.78, 5) is 4.66. The van der Waals surface area contributed by atoms with Crippen LogP contribution in [0.15, 0.2) is 48.5 Å². The molecule has 0 saturated heterocycles. The Morgan fingerprint density at radius 1 is 0.920 bits per heavy atom. The number of aryl methyl sites for hydroxylation is 1. The van der Waals surface area contributed by atoms with E-state index in [1.165, 1.54) is 0 Å². The Bertz CT molecular complexity index is 796. The van der Waals surface area contributed by atoms with E-state index in [4.69, 9.17) is 14.2 Å². The van der Waals surface area contributed by atoms with Gasteiger partial charge in [-0.3, -0.25) is 0 Å². The number of aromatic nitrogens is 2. The Labute approximate surface area is 148 Å². The van der Waals surface area contributed by atoms with Gasteiger partial charge in [0.15, 0.2) is 0 Å². The average molecular weight is 340 g/mol. The lowest BCUT2D eigenvalue weighted by Crippen LogP contribution is -2.07. The molecule has 1 aromatic heterocycles. The van der Waals surface area contributed by atoms with Crippen LogP contribution in [0.5, 0.6) is 11.5 Å². The third-order valence-corrected chi connectivity index (χ3v) is 4.11. The second kappa shape index (κ2) is 8.53. The summed E-state index contributed by atoms with van der Waals surface area (Å²) >= 11 is 0. The molecule has 0 aliphatic carbocycles. The summed E-state index contributed by atoms with van der Waals surface area (Å²) in [5.41, 5.74) is 2.18. The van der Waals surface area contributed by atoms with Crippen LogP contribution in [0.4, 0.5) is 0 Å². The minimum Gasteiger partial charge on any atom is -0.497 e. The molecule has 0 N–H and O–H groups in total. The van der Waals surface area contributed by atoms with Crippen molar-refractivity contribution in [3.63, 3.8) is 0 Å². The van der Waals surface area contributed by atoms with E-state index in [-0.39, 0.29) is 0 Å². The van der Waals surface area contributed by atoms with Crippen molar-refractivity contribution in [1.82, 2.24) is 9.55 Å². The van der Waals surface area contributed by atoms with Crippen molar-refractivity contribution in [3.8, 4) is 11.5 Å². The Kier molecular flexibility index (Phi) is 5.90. The predicted octanol–water partition coefficient (Wildman–Crippen LogP) is 4.05. The van der Waals surface area contributed by atoms with E-state index in [2.05, 4.69) is 15.6 Å². The first-order valence-corrected chi connectivity index (χ1v) is 8.52. The van der Waals surface area contributed by atoms with E-state index < -0.39 is 0 Å². The fourth-order valence-corrected chi connectivity index (χ4v) is 2.85. The number of benzene rings is 2. The van der Waals surface area contributed by atoms with Gasteiger partial charge < -0.3 is 18.8 Å². The summed E-state index contributed by atoms with van der Waals surface area (Å²) in [6.45, 7) is 2.13. The van der Waals surface area contributed by atoms with Gasteiger partial charge in [0.2, 0.25) is 0 Å². The Hall–Kier alpha value is -2.53. The van der Waals surface area contributed by atoms with Crippen molar-refractivity contribution in [1.29, 1.82) is 0 Å². The van der Waals surface area contributed by atoms with E-state index in [1.807, 2.05) is 42.5 Å². The van der Waals surface area contributed by atoms with Crippen LogP contribution in [0.3, 0.4) is 0 Å². The molecule has 2 aromatic carbocycles. The summed E-state index contributed by atoms with van der Waals surface area (Å²) in [5, 5.41) is 0. The highest BCUT2D eigenvalue weighted by molar-refractivity contribution is 5.75. The lowest BCUT2D eigenvalue weighted by atomic mass is 10.3. The third kappa shape index (κ3) is 4.31. The lowest BCUT2D eigenvalue weighted by Gasteiger charge is -2.10. The maximum Gasteiger partial charge on any atom is 0.135 e. The summed E-state index contributed by atoms with van der Waals surface area (Å²) in [6, 6.07) is 15.9. The number of rotatable bonds is 9. The van der Waals surface area contributed by atoms with E-state index >= 15 is 0 Å². The largest absolute Gasteiger partial charge is 0.497 e.